The third kappa shape index (κ3) is 6.55. The zero-order chi connectivity index (χ0) is 18.8. The number of carbonyl (C=O) groups is 2. The van der Waals surface area contributed by atoms with Crippen LogP contribution in [0.15, 0.2) is 48.7 Å². The van der Waals surface area contributed by atoms with Crippen LogP contribution in [0.1, 0.15) is 24.6 Å². The number of benzene rings is 1. The molecule has 0 unspecified atom stereocenters. The van der Waals surface area contributed by atoms with Crippen LogP contribution in [0.5, 0.6) is 5.75 Å². The van der Waals surface area contributed by atoms with E-state index in [4.69, 9.17) is 4.74 Å². The molecule has 138 valence electrons. The van der Waals surface area contributed by atoms with Crippen molar-refractivity contribution in [3.05, 3.63) is 59.9 Å². The topological polar surface area (TPSA) is 71.5 Å². The van der Waals surface area contributed by atoms with Crippen molar-refractivity contribution in [1.29, 1.82) is 0 Å². The molecule has 6 nitrogen and oxygen atoms in total. The lowest BCUT2D eigenvalue weighted by molar-refractivity contribution is -0.130. The Labute approximate surface area is 154 Å². The summed E-state index contributed by atoms with van der Waals surface area (Å²) in [6, 6.07) is 13.3. The Hall–Kier alpha value is -2.89. The van der Waals surface area contributed by atoms with Crippen molar-refractivity contribution in [3.8, 4) is 5.75 Å². The maximum absolute atomic E-state index is 12.0. The van der Waals surface area contributed by atoms with Gasteiger partial charge >= 0.3 is 0 Å². The fraction of sp³-hybridized carbons (Fsp3) is 0.350. The molecule has 0 atom stereocenters. The first-order chi connectivity index (χ1) is 12.6. The minimum absolute atomic E-state index is 0.0641. The molecule has 1 aromatic heterocycles. The highest BCUT2D eigenvalue weighted by atomic mass is 16.5. The zero-order valence-corrected chi connectivity index (χ0v) is 15.3. The van der Waals surface area contributed by atoms with Gasteiger partial charge in [-0.25, -0.2) is 0 Å². The molecule has 1 N–H and O–H groups in total. The molecule has 2 amide bonds. The number of nitrogens with zero attached hydrogens (tertiary/aromatic N) is 2. The standard InChI is InChI=1S/C20H25N3O3/c1-16(24)23(15-18-5-3-4-12-21-18)14-11-20(25)22-13-10-17-6-8-19(26-2)9-7-17/h3-9,12H,10-11,13-15H2,1-2H3,(H,22,25). The molecule has 0 bridgehead atoms. The number of ether oxygens (including phenoxy) is 1. The first kappa shape index (κ1) is 19.4. The summed E-state index contributed by atoms with van der Waals surface area (Å²) in [4.78, 5) is 29.6. The van der Waals surface area contributed by atoms with Crippen LogP contribution in [0.3, 0.4) is 0 Å². The highest BCUT2D eigenvalue weighted by molar-refractivity contribution is 5.78. The largest absolute Gasteiger partial charge is 0.497 e. The van der Waals surface area contributed by atoms with E-state index in [1.165, 1.54) is 6.92 Å². The van der Waals surface area contributed by atoms with Gasteiger partial charge in [-0.15, -0.1) is 0 Å². The van der Waals surface area contributed by atoms with Crippen molar-refractivity contribution in [2.75, 3.05) is 20.2 Å². The van der Waals surface area contributed by atoms with Gasteiger partial charge < -0.3 is 15.0 Å². The third-order valence-corrected chi connectivity index (χ3v) is 4.03. The molecule has 2 aromatic rings. The van der Waals surface area contributed by atoms with Crippen molar-refractivity contribution >= 4 is 11.8 Å². The Morgan fingerprint density at radius 3 is 2.54 bits per heavy atom. The van der Waals surface area contributed by atoms with E-state index in [9.17, 15) is 9.59 Å². The Kier molecular flexibility index (Phi) is 7.61. The predicted molar refractivity (Wildman–Crippen MR) is 99.7 cm³/mol. The second kappa shape index (κ2) is 10.2. The average Bonchev–Trinajstić information content (AvgIpc) is 2.66. The first-order valence-electron chi connectivity index (χ1n) is 8.63. The van der Waals surface area contributed by atoms with Crippen LogP contribution in [0.25, 0.3) is 0 Å². The zero-order valence-electron chi connectivity index (χ0n) is 15.3. The average molecular weight is 355 g/mol. The molecule has 0 aliphatic heterocycles. The summed E-state index contributed by atoms with van der Waals surface area (Å²) in [5, 5.41) is 2.89. The smallest absolute Gasteiger partial charge is 0.221 e. The van der Waals surface area contributed by atoms with Crippen molar-refractivity contribution < 1.29 is 14.3 Å². The fourth-order valence-electron chi connectivity index (χ4n) is 2.50. The predicted octanol–water partition coefficient (Wildman–Crippen LogP) is 2.19. The number of nitrogens with one attached hydrogen (secondary N) is 1. The summed E-state index contributed by atoms with van der Waals surface area (Å²) in [6.07, 6.45) is 2.72. The van der Waals surface area contributed by atoms with Gasteiger partial charge in [0.1, 0.15) is 5.75 Å². The molecule has 0 saturated carbocycles. The molecule has 1 aromatic carbocycles. The number of hydrogen-bond acceptors (Lipinski definition) is 4. The minimum atomic E-state index is -0.0679. The molecule has 26 heavy (non-hydrogen) atoms. The summed E-state index contributed by atoms with van der Waals surface area (Å²) in [7, 11) is 1.63. The number of methoxy groups -OCH3 is 1. The summed E-state index contributed by atoms with van der Waals surface area (Å²) in [5.41, 5.74) is 1.94. The minimum Gasteiger partial charge on any atom is -0.497 e. The second-order valence-corrected chi connectivity index (χ2v) is 5.96. The second-order valence-electron chi connectivity index (χ2n) is 5.96. The van der Waals surface area contributed by atoms with E-state index in [1.807, 2.05) is 42.5 Å². The van der Waals surface area contributed by atoms with E-state index < -0.39 is 0 Å². The molecule has 1 heterocycles. The Bertz CT molecular complexity index is 702. The summed E-state index contributed by atoms with van der Waals surface area (Å²) >= 11 is 0. The van der Waals surface area contributed by atoms with Crippen LogP contribution in [0.4, 0.5) is 0 Å². The van der Waals surface area contributed by atoms with E-state index in [0.717, 1.165) is 23.4 Å². The lowest BCUT2D eigenvalue weighted by Gasteiger charge is -2.20. The van der Waals surface area contributed by atoms with E-state index in [2.05, 4.69) is 10.3 Å². The van der Waals surface area contributed by atoms with Crippen molar-refractivity contribution in [3.63, 3.8) is 0 Å². The van der Waals surface area contributed by atoms with Crippen molar-refractivity contribution in [2.45, 2.75) is 26.3 Å². The van der Waals surface area contributed by atoms with Gasteiger partial charge in [-0.1, -0.05) is 18.2 Å². The lowest BCUT2D eigenvalue weighted by Crippen LogP contribution is -2.34. The summed E-state index contributed by atoms with van der Waals surface area (Å²) in [6.45, 7) is 2.85. The van der Waals surface area contributed by atoms with Gasteiger partial charge in [0.25, 0.3) is 0 Å². The Morgan fingerprint density at radius 1 is 1.15 bits per heavy atom. The molecular formula is C20H25N3O3. The van der Waals surface area contributed by atoms with Crippen LogP contribution in [0.2, 0.25) is 0 Å². The van der Waals surface area contributed by atoms with E-state index >= 15 is 0 Å². The van der Waals surface area contributed by atoms with Crippen LogP contribution in [0, 0.1) is 0 Å². The number of pyridine rings is 1. The maximum Gasteiger partial charge on any atom is 0.221 e. The van der Waals surface area contributed by atoms with Gasteiger partial charge in [0.2, 0.25) is 11.8 Å². The molecule has 0 saturated heterocycles. The SMILES string of the molecule is COc1ccc(CCNC(=O)CCN(Cc2ccccn2)C(C)=O)cc1. The fourth-order valence-corrected chi connectivity index (χ4v) is 2.50. The van der Waals surface area contributed by atoms with Gasteiger partial charge in [-0.2, -0.15) is 0 Å². The molecule has 0 spiro atoms. The van der Waals surface area contributed by atoms with Gasteiger partial charge in [0, 0.05) is 32.6 Å². The monoisotopic (exact) mass is 355 g/mol. The first-order valence-corrected chi connectivity index (χ1v) is 8.63. The highest BCUT2D eigenvalue weighted by Gasteiger charge is 2.12. The molecular weight excluding hydrogens is 330 g/mol. The number of aromatic nitrogens is 1. The Morgan fingerprint density at radius 2 is 1.92 bits per heavy atom. The van der Waals surface area contributed by atoms with Gasteiger partial charge in [-0.3, -0.25) is 14.6 Å². The lowest BCUT2D eigenvalue weighted by atomic mass is 10.1. The van der Waals surface area contributed by atoms with Crippen LogP contribution < -0.4 is 10.1 Å². The number of rotatable bonds is 9. The number of carbonyl (C=O) groups excluding carboxylic acids is 2. The Balaban J connectivity index is 1.72. The maximum atomic E-state index is 12.0. The summed E-state index contributed by atoms with van der Waals surface area (Å²) in [5.74, 6) is 0.683. The molecule has 6 heteroatoms. The van der Waals surface area contributed by atoms with E-state index in [0.29, 0.717) is 19.6 Å². The van der Waals surface area contributed by atoms with Gasteiger partial charge in [0.05, 0.1) is 19.3 Å². The third-order valence-electron chi connectivity index (χ3n) is 4.03. The van der Waals surface area contributed by atoms with Gasteiger partial charge in [-0.05, 0) is 36.2 Å². The van der Waals surface area contributed by atoms with Crippen molar-refractivity contribution in [2.24, 2.45) is 0 Å². The van der Waals surface area contributed by atoms with Crippen LogP contribution >= 0.6 is 0 Å². The molecule has 0 radical (unpaired) electrons. The quantitative estimate of drug-likeness (QED) is 0.748. The highest BCUT2D eigenvalue weighted by Crippen LogP contribution is 2.11. The number of hydrogen-bond donors (Lipinski definition) is 1. The van der Waals surface area contributed by atoms with E-state index in [-0.39, 0.29) is 18.2 Å². The molecule has 0 fully saturated rings. The van der Waals surface area contributed by atoms with Crippen LogP contribution in [-0.4, -0.2) is 41.9 Å². The van der Waals surface area contributed by atoms with Crippen LogP contribution in [-0.2, 0) is 22.6 Å². The number of amides is 2. The van der Waals surface area contributed by atoms with Gasteiger partial charge in [0.15, 0.2) is 0 Å². The molecule has 0 aliphatic rings. The molecule has 2 rings (SSSR count). The molecule has 0 aliphatic carbocycles. The van der Waals surface area contributed by atoms with Crippen molar-refractivity contribution in [1.82, 2.24) is 15.2 Å². The normalized spacial score (nSPS) is 10.2. The summed E-state index contributed by atoms with van der Waals surface area (Å²) < 4.78 is 5.12. The van der Waals surface area contributed by atoms with E-state index in [1.54, 1.807) is 18.2 Å².